The summed E-state index contributed by atoms with van der Waals surface area (Å²) < 4.78 is 0. The van der Waals surface area contributed by atoms with E-state index >= 15 is 0 Å². The van der Waals surface area contributed by atoms with Gasteiger partial charge in [0.05, 0.1) is 12.2 Å². The van der Waals surface area contributed by atoms with E-state index < -0.39 is 0 Å². The van der Waals surface area contributed by atoms with E-state index in [1.54, 1.807) is 6.20 Å². The number of likely N-dealkylation sites (tertiary alicyclic amines) is 1. The zero-order chi connectivity index (χ0) is 18.8. The zero-order valence-corrected chi connectivity index (χ0v) is 16.1. The molecule has 1 saturated heterocycles. The molecule has 0 bridgehead atoms. The molecule has 6 nitrogen and oxygen atoms in total. The van der Waals surface area contributed by atoms with Crippen molar-refractivity contribution in [1.82, 2.24) is 24.8 Å². The monoisotopic (exact) mass is 365 g/mol. The first-order valence-electron chi connectivity index (χ1n) is 9.88. The van der Waals surface area contributed by atoms with Crippen molar-refractivity contribution in [1.29, 1.82) is 0 Å². The lowest BCUT2D eigenvalue weighted by molar-refractivity contribution is -0.137. The van der Waals surface area contributed by atoms with E-state index in [9.17, 15) is 4.79 Å². The van der Waals surface area contributed by atoms with Crippen molar-refractivity contribution in [2.45, 2.75) is 52.2 Å². The second-order valence-electron chi connectivity index (χ2n) is 7.98. The molecule has 0 spiro atoms. The molecule has 6 heteroatoms. The number of aromatic nitrogens is 3. The number of rotatable bonds is 5. The molecule has 0 saturated carbocycles. The van der Waals surface area contributed by atoms with Crippen LogP contribution in [0.1, 0.15) is 55.4 Å². The molecule has 2 aromatic rings. The molecule has 2 aliphatic rings. The molecule has 4 rings (SSSR count). The Morgan fingerprint density at radius 3 is 2.70 bits per heavy atom. The van der Waals surface area contributed by atoms with Gasteiger partial charge < -0.3 is 4.90 Å². The van der Waals surface area contributed by atoms with Crippen LogP contribution in [-0.4, -0.2) is 43.7 Å². The van der Waals surface area contributed by atoms with Crippen molar-refractivity contribution in [3.05, 3.63) is 53.4 Å². The zero-order valence-electron chi connectivity index (χ0n) is 16.1. The number of pyridine rings is 1. The van der Waals surface area contributed by atoms with E-state index in [2.05, 4.69) is 28.7 Å². The summed E-state index contributed by atoms with van der Waals surface area (Å²) in [6.45, 7) is 7.43. The van der Waals surface area contributed by atoms with Gasteiger partial charge in [-0.05, 0) is 43.5 Å². The SMILES string of the molecule is CC(C)Cc1ncc2c(n1)CN(C(=O)C(c1cccnc1)N1CCCC1)C2. The number of hydrogen-bond donors (Lipinski definition) is 0. The van der Waals surface area contributed by atoms with Crippen LogP contribution in [-0.2, 0) is 24.3 Å². The highest BCUT2D eigenvalue weighted by atomic mass is 16.2. The Balaban J connectivity index is 1.55. The van der Waals surface area contributed by atoms with Gasteiger partial charge >= 0.3 is 0 Å². The van der Waals surface area contributed by atoms with Crippen molar-refractivity contribution in [3.63, 3.8) is 0 Å². The Bertz CT molecular complexity index is 801. The Morgan fingerprint density at radius 2 is 2.00 bits per heavy atom. The maximum Gasteiger partial charge on any atom is 0.245 e. The van der Waals surface area contributed by atoms with Gasteiger partial charge in [-0.1, -0.05) is 19.9 Å². The summed E-state index contributed by atoms with van der Waals surface area (Å²) in [6, 6.07) is 3.67. The summed E-state index contributed by atoms with van der Waals surface area (Å²) in [5.74, 6) is 1.54. The van der Waals surface area contributed by atoms with Gasteiger partial charge in [0.15, 0.2) is 0 Å². The molecule has 0 N–H and O–H groups in total. The van der Waals surface area contributed by atoms with Crippen molar-refractivity contribution >= 4 is 5.91 Å². The second-order valence-corrected chi connectivity index (χ2v) is 7.98. The third-order valence-electron chi connectivity index (χ3n) is 5.35. The average molecular weight is 365 g/mol. The van der Waals surface area contributed by atoms with Gasteiger partial charge in [0.25, 0.3) is 0 Å². The summed E-state index contributed by atoms with van der Waals surface area (Å²) in [5.41, 5.74) is 3.05. The van der Waals surface area contributed by atoms with E-state index in [-0.39, 0.29) is 11.9 Å². The molecule has 1 fully saturated rings. The molecule has 0 aliphatic carbocycles. The maximum atomic E-state index is 13.5. The molecular formula is C21H27N5O. The lowest BCUT2D eigenvalue weighted by Crippen LogP contribution is -2.40. The molecule has 2 aromatic heterocycles. The molecule has 1 amide bonds. The fourth-order valence-electron chi connectivity index (χ4n) is 4.03. The van der Waals surface area contributed by atoms with Crippen LogP contribution in [0.5, 0.6) is 0 Å². The van der Waals surface area contributed by atoms with Crippen molar-refractivity contribution in [2.24, 2.45) is 5.92 Å². The van der Waals surface area contributed by atoms with Gasteiger partial charge in [0, 0.05) is 37.1 Å². The summed E-state index contributed by atoms with van der Waals surface area (Å²) in [4.78, 5) is 31.2. The van der Waals surface area contributed by atoms with Crippen LogP contribution in [0.2, 0.25) is 0 Å². The molecule has 4 heterocycles. The highest BCUT2D eigenvalue weighted by Gasteiger charge is 2.35. The molecule has 2 aliphatic heterocycles. The third-order valence-corrected chi connectivity index (χ3v) is 5.35. The van der Waals surface area contributed by atoms with Crippen molar-refractivity contribution < 1.29 is 4.79 Å². The van der Waals surface area contributed by atoms with E-state index in [1.807, 2.05) is 29.4 Å². The minimum absolute atomic E-state index is 0.147. The Hall–Kier alpha value is -2.34. The summed E-state index contributed by atoms with van der Waals surface area (Å²) in [6.07, 6.45) is 8.65. The van der Waals surface area contributed by atoms with E-state index in [0.29, 0.717) is 19.0 Å². The molecular weight excluding hydrogens is 338 g/mol. The first kappa shape index (κ1) is 18.0. The van der Waals surface area contributed by atoms with Gasteiger partial charge in [-0.2, -0.15) is 0 Å². The molecule has 27 heavy (non-hydrogen) atoms. The number of hydrogen-bond acceptors (Lipinski definition) is 5. The Kier molecular flexibility index (Phi) is 5.16. The lowest BCUT2D eigenvalue weighted by atomic mass is 10.1. The fraction of sp³-hybridized carbons (Fsp3) is 0.524. The quantitative estimate of drug-likeness (QED) is 0.815. The van der Waals surface area contributed by atoms with Crippen LogP contribution in [0.25, 0.3) is 0 Å². The smallest absolute Gasteiger partial charge is 0.245 e. The van der Waals surface area contributed by atoms with E-state index in [4.69, 9.17) is 4.98 Å². The minimum atomic E-state index is -0.251. The highest BCUT2D eigenvalue weighted by molar-refractivity contribution is 5.83. The minimum Gasteiger partial charge on any atom is -0.331 e. The van der Waals surface area contributed by atoms with Gasteiger partial charge in [0.1, 0.15) is 11.9 Å². The van der Waals surface area contributed by atoms with Gasteiger partial charge in [-0.25, -0.2) is 9.97 Å². The summed E-state index contributed by atoms with van der Waals surface area (Å²) in [5, 5.41) is 0. The summed E-state index contributed by atoms with van der Waals surface area (Å²) in [7, 11) is 0. The van der Waals surface area contributed by atoms with Gasteiger partial charge in [0.2, 0.25) is 5.91 Å². The maximum absolute atomic E-state index is 13.5. The Morgan fingerprint density at radius 1 is 1.19 bits per heavy atom. The van der Waals surface area contributed by atoms with Gasteiger partial charge in [-0.15, -0.1) is 0 Å². The Labute approximate surface area is 160 Å². The highest BCUT2D eigenvalue weighted by Crippen LogP contribution is 2.30. The first-order chi connectivity index (χ1) is 13.1. The third kappa shape index (κ3) is 3.86. The predicted molar refractivity (Wildman–Crippen MR) is 103 cm³/mol. The molecule has 0 radical (unpaired) electrons. The number of carbonyl (C=O) groups excluding carboxylic acids is 1. The number of nitrogens with zero attached hydrogens (tertiary/aromatic N) is 5. The second kappa shape index (κ2) is 7.72. The largest absolute Gasteiger partial charge is 0.331 e. The number of amides is 1. The van der Waals surface area contributed by atoms with Crippen LogP contribution in [0.3, 0.4) is 0 Å². The standard InChI is InChI=1S/C21H27N5O/c1-15(2)10-19-23-12-17-13-26(14-18(17)24-19)21(27)20(25-8-3-4-9-25)16-6-5-7-22-11-16/h5-7,11-12,15,20H,3-4,8-10,13-14H2,1-2H3. The lowest BCUT2D eigenvalue weighted by Gasteiger charge is -2.30. The molecule has 1 unspecified atom stereocenters. The normalized spacial score (nSPS) is 18.1. The van der Waals surface area contributed by atoms with E-state index in [0.717, 1.165) is 55.0 Å². The average Bonchev–Trinajstić information content (AvgIpc) is 3.31. The number of fused-ring (bicyclic) bond motifs is 1. The first-order valence-corrected chi connectivity index (χ1v) is 9.88. The topological polar surface area (TPSA) is 62.2 Å². The van der Waals surface area contributed by atoms with Crippen molar-refractivity contribution in [3.8, 4) is 0 Å². The summed E-state index contributed by atoms with van der Waals surface area (Å²) >= 11 is 0. The predicted octanol–water partition coefficient (Wildman–Crippen LogP) is 2.75. The van der Waals surface area contributed by atoms with Crippen molar-refractivity contribution in [2.75, 3.05) is 13.1 Å². The molecule has 142 valence electrons. The van der Waals surface area contributed by atoms with Crippen LogP contribution in [0.15, 0.2) is 30.7 Å². The van der Waals surface area contributed by atoms with Crippen LogP contribution < -0.4 is 0 Å². The van der Waals surface area contributed by atoms with Gasteiger partial charge in [-0.3, -0.25) is 14.7 Å². The molecule has 1 atom stereocenters. The van der Waals surface area contributed by atoms with Crippen LogP contribution in [0, 0.1) is 5.92 Å². The van der Waals surface area contributed by atoms with E-state index in [1.165, 1.54) is 0 Å². The fourth-order valence-corrected chi connectivity index (χ4v) is 4.03. The number of carbonyl (C=O) groups is 1. The van der Waals surface area contributed by atoms with Crippen LogP contribution >= 0.6 is 0 Å². The molecule has 0 aromatic carbocycles. The van der Waals surface area contributed by atoms with Crippen LogP contribution in [0.4, 0.5) is 0 Å².